The van der Waals surface area contributed by atoms with Crippen LogP contribution in [0.1, 0.15) is 44.9 Å². The average molecular weight is 266 g/mol. The molecule has 0 amide bonds. The van der Waals surface area contributed by atoms with Gasteiger partial charge in [0, 0.05) is 38.3 Å². The minimum atomic E-state index is -0.583. The maximum absolute atomic E-state index is 11.3. The standard InChI is InChI=1S/C15H26N2O2/c18-15(19)13-6-3-7-14(13)17-10-8-16(9-11-17)12-4-1-2-5-12/h12-14H,1-11H2,(H,18,19). The zero-order chi connectivity index (χ0) is 13.2. The van der Waals surface area contributed by atoms with Gasteiger partial charge in [-0.15, -0.1) is 0 Å². The van der Waals surface area contributed by atoms with Crippen molar-refractivity contribution >= 4 is 5.97 Å². The van der Waals surface area contributed by atoms with Gasteiger partial charge in [-0.25, -0.2) is 0 Å². The molecule has 1 aliphatic heterocycles. The van der Waals surface area contributed by atoms with Crippen LogP contribution in [0.3, 0.4) is 0 Å². The Kier molecular flexibility index (Phi) is 4.08. The van der Waals surface area contributed by atoms with Gasteiger partial charge < -0.3 is 5.11 Å². The number of rotatable bonds is 3. The van der Waals surface area contributed by atoms with Crippen molar-refractivity contribution in [3.63, 3.8) is 0 Å². The van der Waals surface area contributed by atoms with Crippen LogP contribution in [0.25, 0.3) is 0 Å². The molecule has 3 rings (SSSR count). The van der Waals surface area contributed by atoms with E-state index in [1.54, 1.807) is 0 Å². The number of carbonyl (C=O) groups is 1. The van der Waals surface area contributed by atoms with E-state index in [1.807, 2.05) is 0 Å². The van der Waals surface area contributed by atoms with Crippen molar-refractivity contribution in [2.75, 3.05) is 26.2 Å². The fourth-order valence-electron chi connectivity index (χ4n) is 4.37. The van der Waals surface area contributed by atoms with E-state index in [2.05, 4.69) is 9.80 Å². The third-order valence-corrected chi connectivity index (χ3v) is 5.46. The van der Waals surface area contributed by atoms with Crippen LogP contribution < -0.4 is 0 Å². The lowest BCUT2D eigenvalue weighted by Crippen LogP contribution is -2.54. The van der Waals surface area contributed by atoms with E-state index in [-0.39, 0.29) is 5.92 Å². The molecule has 1 saturated heterocycles. The Balaban J connectivity index is 1.53. The van der Waals surface area contributed by atoms with Crippen molar-refractivity contribution in [1.29, 1.82) is 0 Å². The largest absolute Gasteiger partial charge is 0.481 e. The Hall–Kier alpha value is -0.610. The summed E-state index contributed by atoms with van der Waals surface area (Å²) in [5.74, 6) is -0.696. The molecule has 0 aromatic carbocycles. The van der Waals surface area contributed by atoms with Gasteiger partial charge >= 0.3 is 5.97 Å². The summed E-state index contributed by atoms with van der Waals surface area (Å²) in [6.07, 6.45) is 8.60. The summed E-state index contributed by atoms with van der Waals surface area (Å²) in [4.78, 5) is 16.4. The molecule has 4 heteroatoms. The summed E-state index contributed by atoms with van der Waals surface area (Å²) in [5.41, 5.74) is 0. The van der Waals surface area contributed by atoms with Crippen molar-refractivity contribution in [3.05, 3.63) is 0 Å². The minimum Gasteiger partial charge on any atom is -0.481 e. The molecule has 3 aliphatic rings. The highest BCUT2D eigenvalue weighted by Gasteiger charge is 2.38. The van der Waals surface area contributed by atoms with Gasteiger partial charge in [-0.3, -0.25) is 14.6 Å². The summed E-state index contributed by atoms with van der Waals surface area (Å²) in [5, 5.41) is 9.30. The van der Waals surface area contributed by atoms with E-state index in [0.717, 1.165) is 51.5 Å². The van der Waals surface area contributed by atoms with Gasteiger partial charge in [0.25, 0.3) is 0 Å². The number of carboxylic acid groups (broad SMARTS) is 1. The predicted molar refractivity (Wildman–Crippen MR) is 74.2 cm³/mol. The Morgan fingerprint density at radius 2 is 1.47 bits per heavy atom. The smallest absolute Gasteiger partial charge is 0.308 e. The molecule has 3 fully saturated rings. The lowest BCUT2D eigenvalue weighted by atomic mass is 10.0. The molecule has 108 valence electrons. The normalized spacial score (nSPS) is 34.9. The SMILES string of the molecule is O=C(O)C1CCCC1N1CCN(C2CCCC2)CC1. The fourth-order valence-corrected chi connectivity index (χ4v) is 4.37. The van der Waals surface area contributed by atoms with Crippen LogP contribution in [0.15, 0.2) is 0 Å². The van der Waals surface area contributed by atoms with Crippen LogP contribution in [0.2, 0.25) is 0 Å². The summed E-state index contributed by atoms with van der Waals surface area (Å²) in [6, 6.07) is 1.13. The molecular weight excluding hydrogens is 240 g/mol. The molecule has 0 spiro atoms. The Morgan fingerprint density at radius 3 is 2.11 bits per heavy atom. The van der Waals surface area contributed by atoms with Gasteiger partial charge in [0.2, 0.25) is 0 Å². The lowest BCUT2D eigenvalue weighted by Gasteiger charge is -2.41. The summed E-state index contributed by atoms with van der Waals surface area (Å²) >= 11 is 0. The molecule has 2 unspecified atom stereocenters. The number of carboxylic acids is 1. The highest BCUT2D eigenvalue weighted by molar-refractivity contribution is 5.71. The van der Waals surface area contributed by atoms with Crippen molar-refractivity contribution in [2.24, 2.45) is 5.92 Å². The van der Waals surface area contributed by atoms with Crippen molar-refractivity contribution in [1.82, 2.24) is 9.80 Å². The molecule has 1 heterocycles. The van der Waals surface area contributed by atoms with E-state index < -0.39 is 5.97 Å². The fraction of sp³-hybridized carbons (Fsp3) is 0.933. The number of nitrogens with zero attached hydrogens (tertiary/aromatic N) is 2. The van der Waals surface area contributed by atoms with Crippen molar-refractivity contribution in [2.45, 2.75) is 57.0 Å². The summed E-state index contributed by atoms with van der Waals surface area (Å²) in [7, 11) is 0. The number of hydrogen-bond acceptors (Lipinski definition) is 3. The van der Waals surface area contributed by atoms with E-state index in [0.29, 0.717) is 6.04 Å². The van der Waals surface area contributed by atoms with E-state index >= 15 is 0 Å². The Labute approximate surface area is 115 Å². The van der Waals surface area contributed by atoms with Gasteiger partial charge in [0.15, 0.2) is 0 Å². The third-order valence-electron chi connectivity index (χ3n) is 5.46. The molecule has 4 nitrogen and oxygen atoms in total. The van der Waals surface area contributed by atoms with Crippen LogP contribution in [0, 0.1) is 5.92 Å². The Bertz CT molecular complexity index is 320. The first kappa shape index (κ1) is 13.4. The lowest BCUT2D eigenvalue weighted by molar-refractivity contribution is -0.143. The second-order valence-corrected chi connectivity index (χ2v) is 6.45. The van der Waals surface area contributed by atoms with Crippen molar-refractivity contribution < 1.29 is 9.90 Å². The zero-order valence-corrected chi connectivity index (χ0v) is 11.8. The minimum absolute atomic E-state index is 0.113. The maximum atomic E-state index is 11.3. The van der Waals surface area contributed by atoms with Crippen LogP contribution in [0.5, 0.6) is 0 Å². The predicted octanol–water partition coefficient (Wildman–Crippen LogP) is 1.80. The van der Waals surface area contributed by atoms with Gasteiger partial charge in [-0.1, -0.05) is 19.3 Å². The molecule has 19 heavy (non-hydrogen) atoms. The van der Waals surface area contributed by atoms with Crippen LogP contribution in [-0.2, 0) is 4.79 Å². The first-order chi connectivity index (χ1) is 9.25. The van der Waals surface area contributed by atoms with Crippen LogP contribution in [0.4, 0.5) is 0 Å². The molecule has 0 radical (unpaired) electrons. The molecular formula is C15H26N2O2. The van der Waals surface area contributed by atoms with Gasteiger partial charge in [0.1, 0.15) is 0 Å². The molecule has 2 aliphatic carbocycles. The van der Waals surface area contributed by atoms with Crippen LogP contribution in [-0.4, -0.2) is 59.1 Å². The van der Waals surface area contributed by atoms with Gasteiger partial charge in [-0.2, -0.15) is 0 Å². The molecule has 2 saturated carbocycles. The van der Waals surface area contributed by atoms with E-state index in [1.165, 1.54) is 25.7 Å². The highest BCUT2D eigenvalue weighted by Crippen LogP contribution is 2.32. The molecule has 1 N–H and O–H groups in total. The number of piperazine rings is 1. The first-order valence-electron chi connectivity index (χ1n) is 7.96. The quantitative estimate of drug-likeness (QED) is 0.846. The monoisotopic (exact) mass is 266 g/mol. The van der Waals surface area contributed by atoms with Gasteiger partial charge in [0.05, 0.1) is 5.92 Å². The zero-order valence-electron chi connectivity index (χ0n) is 11.8. The van der Waals surface area contributed by atoms with E-state index in [9.17, 15) is 9.90 Å². The molecule has 0 bridgehead atoms. The highest BCUT2D eigenvalue weighted by atomic mass is 16.4. The summed E-state index contributed by atoms with van der Waals surface area (Å²) in [6.45, 7) is 4.44. The summed E-state index contributed by atoms with van der Waals surface area (Å²) < 4.78 is 0. The number of hydrogen-bond donors (Lipinski definition) is 1. The first-order valence-corrected chi connectivity index (χ1v) is 7.96. The maximum Gasteiger partial charge on any atom is 0.308 e. The number of aliphatic carboxylic acids is 1. The second kappa shape index (κ2) is 5.80. The Morgan fingerprint density at radius 1 is 0.842 bits per heavy atom. The molecule has 0 aromatic heterocycles. The van der Waals surface area contributed by atoms with E-state index in [4.69, 9.17) is 0 Å². The van der Waals surface area contributed by atoms with Crippen LogP contribution >= 0.6 is 0 Å². The topological polar surface area (TPSA) is 43.8 Å². The third kappa shape index (κ3) is 2.79. The van der Waals surface area contributed by atoms with Crippen molar-refractivity contribution in [3.8, 4) is 0 Å². The second-order valence-electron chi connectivity index (χ2n) is 6.45. The average Bonchev–Trinajstić information content (AvgIpc) is 3.10. The molecule has 2 atom stereocenters. The molecule has 0 aromatic rings. The van der Waals surface area contributed by atoms with Gasteiger partial charge in [-0.05, 0) is 25.7 Å².